The van der Waals surface area contributed by atoms with Crippen molar-refractivity contribution in [1.82, 2.24) is 0 Å². The molecule has 0 bridgehead atoms. The van der Waals surface area contributed by atoms with Crippen molar-refractivity contribution in [2.24, 2.45) is 0 Å². The van der Waals surface area contributed by atoms with Gasteiger partial charge in [-0.2, -0.15) is 0 Å². The Morgan fingerprint density at radius 1 is 0.530 bits per heavy atom. The number of hydrogen-bond donors (Lipinski definition) is 7. The second kappa shape index (κ2) is 38.6. The van der Waals surface area contributed by atoms with E-state index in [1.807, 2.05) is 6.08 Å². The number of allylic oxidation sites excluding steroid dienone is 5. The first-order chi connectivity index (χ1) is 32.0. The molecule has 384 valence electrons. The third-order valence-electron chi connectivity index (χ3n) is 12.2. The van der Waals surface area contributed by atoms with Gasteiger partial charge in [0.2, 0.25) is 0 Å². The molecule has 0 saturated carbocycles. The number of hydrogen-bond acceptors (Lipinski definition) is 15. The van der Waals surface area contributed by atoms with E-state index in [-0.39, 0.29) is 19.4 Å². The highest BCUT2D eigenvalue weighted by atomic mass is 16.7. The fourth-order valence-electron chi connectivity index (χ4n) is 7.99. The van der Waals surface area contributed by atoms with Crippen LogP contribution in [0, 0.1) is 0 Å². The maximum Gasteiger partial charge on any atom is 0.306 e. The minimum absolute atomic E-state index is 0.123. The zero-order chi connectivity index (χ0) is 48.2. The number of esters is 2. The van der Waals surface area contributed by atoms with Gasteiger partial charge in [0.1, 0.15) is 55.4 Å². The van der Waals surface area contributed by atoms with Crippen LogP contribution in [0.4, 0.5) is 0 Å². The summed E-state index contributed by atoms with van der Waals surface area (Å²) in [6.45, 7) is 4.08. The average Bonchev–Trinajstić information content (AvgIpc) is 3.31. The molecule has 0 aromatic rings. The van der Waals surface area contributed by atoms with E-state index in [9.17, 15) is 45.3 Å². The van der Waals surface area contributed by atoms with Crippen LogP contribution in [0.1, 0.15) is 180 Å². The quantitative estimate of drug-likeness (QED) is 0.0188. The van der Waals surface area contributed by atoms with E-state index in [0.29, 0.717) is 12.8 Å². The summed E-state index contributed by atoms with van der Waals surface area (Å²) in [5.41, 5.74) is 0. The Bertz CT molecular complexity index is 1280. The largest absolute Gasteiger partial charge is 0.462 e. The second-order valence-corrected chi connectivity index (χ2v) is 18.1. The number of ether oxygens (including phenoxy) is 6. The molecule has 0 aromatic heterocycles. The Hall–Kier alpha value is -2.28. The summed E-state index contributed by atoms with van der Waals surface area (Å²) in [5, 5.41) is 72.0. The second-order valence-electron chi connectivity index (χ2n) is 18.1. The van der Waals surface area contributed by atoms with E-state index < -0.39 is 99.3 Å². The minimum Gasteiger partial charge on any atom is -0.462 e. The molecule has 11 atom stereocenters. The van der Waals surface area contributed by atoms with Crippen molar-refractivity contribution in [1.29, 1.82) is 0 Å². The Kier molecular flexibility index (Phi) is 35.0. The number of unbranched alkanes of at least 4 members (excludes halogenated alkanes) is 21. The molecule has 2 saturated heterocycles. The fourth-order valence-corrected chi connectivity index (χ4v) is 7.99. The highest BCUT2D eigenvalue weighted by Gasteiger charge is 2.47. The SMILES string of the molecule is C=CCCCCCCCCCCCCCCCC(=O)OC[C@H](CO[C@@H]1O[C@H](CO[C@@H]2O[C@H](CO)[C@H](O)C(O)C2O)[C@H](O)C(O)C1O)OC(=O)CCCC/C=C/C/C=C/CCCCCCCC. The number of carbonyl (C=O) groups excluding carboxylic acids is 2. The van der Waals surface area contributed by atoms with Crippen molar-refractivity contribution in [2.45, 2.75) is 248 Å². The first-order valence-corrected chi connectivity index (χ1v) is 25.5. The molecule has 2 fully saturated rings. The summed E-state index contributed by atoms with van der Waals surface area (Å²) in [6, 6.07) is 0. The first kappa shape index (κ1) is 59.8. The maximum absolute atomic E-state index is 13.0. The van der Waals surface area contributed by atoms with E-state index in [1.165, 1.54) is 96.3 Å². The van der Waals surface area contributed by atoms with Crippen molar-refractivity contribution in [3.63, 3.8) is 0 Å². The third-order valence-corrected chi connectivity index (χ3v) is 12.2. The number of carbonyl (C=O) groups is 2. The van der Waals surface area contributed by atoms with E-state index in [1.54, 1.807) is 0 Å². The van der Waals surface area contributed by atoms with Gasteiger partial charge >= 0.3 is 11.9 Å². The van der Waals surface area contributed by atoms with Crippen molar-refractivity contribution in [2.75, 3.05) is 26.4 Å². The molecular formula is C51H90O15. The van der Waals surface area contributed by atoms with Crippen LogP contribution >= 0.6 is 0 Å². The predicted molar refractivity (Wildman–Crippen MR) is 252 cm³/mol. The molecule has 0 aromatic carbocycles. The summed E-state index contributed by atoms with van der Waals surface area (Å²) >= 11 is 0. The van der Waals surface area contributed by atoms with Crippen molar-refractivity contribution >= 4 is 11.9 Å². The molecule has 0 radical (unpaired) electrons. The lowest BCUT2D eigenvalue weighted by Gasteiger charge is -2.42. The standard InChI is InChI=1S/C51H90O15/c1-3-5-7-9-11-13-15-17-19-21-23-25-27-29-31-33-42(53)61-36-39(64-43(54)34-32-30-28-26-24-22-20-18-16-14-12-10-8-6-4-2)37-62-50-49(60)47(58)45(56)41(66-50)38-63-51-48(59)46(57)44(55)40(35-52)65-51/h3,18,20,24,26,39-41,44-52,55-60H,1,4-17,19,21-23,25,27-38H2,2H3/b20-18+,26-24+/t39-,40-,41-,44+,45+,46?,47?,48?,49?,50-,51-/m1/s1. The van der Waals surface area contributed by atoms with Crippen LogP contribution < -0.4 is 0 Å². The number of aliphatic hydroxyl groups excluding tert-OH is 7. The van der Waals surface area contributed by atoms with Gasteiger partial charge in [0.15, 0.2) is 18.7 Å². The van der Waals surface area contributed by atoms with Gasteiger partial charge in [0, 0.05) is 12.8 Å². The highest BCUT2D eigenvalue weighted by Crippen LogP contribution is 2.26. The Balaban J connectivity index is 1.82. The Morgan fingerprint density at radius 3 is 1.55 bits per heavy atom. The summed E-state index contributed by atoms with van der Waals surface area (Å²) in [7, 11) is 0. The molecule has 2 aliphatic rings. The lowest BCUT2D eigenvalue weighted by Crippen LogP contribution is -2.61. The fraction of sp³-hybridized carbons (Fsp3) is 0.843. The van der Waals surface area contributed by atoms with Gasteiger partial charge in [0.05, 0.1) is 19.8 Å². The van der Waals surface area contributed by atoms with Gasteiger partial charge in [-0.3, -0.25) is 9.59 Å². The first-order valence-electron chi connectivity index (χ1n) is 25.5. The molecule has 2 rings (SSSR count). The lowest BCUT2D eigenvalue weighted by atomic mass is 9.98. The van der Waals surface area contributed by atoms with Gasteiger partial charge in [-0.1, -0.05) is 140 Å². The molecule has 0 amide bonds. The molecular weight excluding hydrogens is 853 g/mol. The van der Waals surface area contributed by atoms with E-state index >= 15 is 0 Å². The lowest BCUT2D eigenvalue weighted by molar-refractivity contribution is -0.332. The topological polar surface area (TPSA) is 231 Å². The average molecular weight is 943 g/mol. The smallest absolute Gasteiger partial charge is 0.306 e. The Labute approximate surface area is 395 Å². The van der Waals surface area contributed by atoms with E-state index in [0.717, 1.165) is 51.4 Å². The summed E-state index contributed by atoms with van der Waals surface area (Å²) in [4.78, 5) is 25.7. The van der Waals surface area contributed by atoms with Crippen LogP contribution in [0.25, 0.3) is 0 Å². The van der Waals surface area contributed by atoms with Crippen LogP contribution in [0.15, 0.2) is 37.0 Å². The van der Waals surface area contributed by atoms with E-state index in [4.69, 9.17) is 28.4 Å². The van der Waals surface area contributed by atoms with Crippen LogP contribution in [0.2, 0.25) is 0 Å². The summed E-state index contributed by atoms with van der Waals surface area (Å²) in [6.07, 6.45) is 22.1. The molecule has 0 aliphatic carbocycles. The molecule has 0 spiro atoms. The zero-order valence-corrected chi connectivity index (χ0v) is 40.3. The number of rotatable bonds is 40. The monoisotopic (exact) mass is 943 g/mol. The van der Waals surface area contributed by atoms with Crippen molar-refractivity contribution in [3.05, 3.63) is 37.0 Å². The van der Waals surface area contributed by atoms with Gasteiger partial charge in [0.25, 0.3) is 0 Å². The third kappa shape index (κ3) is 26.5. The van der Waals surface area contributed by atoms with Gasteiger partial charge in [-0.25, -0.2) is 0 Å². The molecule has 66 heavy (non-hydrogen) atoms. The summed E-state index contributed by atoms with van der Waals surface area (Å²) in [5.74, 6) is -0.964. The summed E-state index contributed by atoms with van der Waals surface area (Å²) < 4.78 is 33.5. The molecule has 2 heterocycles. The van der Waals surface area contributed by atoms with Crippen LogP contribution in [0.5, 0.6) is 0 Å². The van der Waals surface area contributed by atoms with Crippen molar-refractivity contribution < 1.29 is 73.8 Å². The Morgan fingerprint density at radius 2 is 0.985 bits per heavy atom. The number of aliphatic hydroxyl groups is 7. The predicted octanol–water partition coefficient (Wildman–Crippen LogP) is 6.93. The van der Waals surface area contributed by atoms with Gasteiger partial charge in [-0.05, 0) is 57.8 Å². The highest BCUT2D eigenvalue weighted by molar-refractivity contribution is 5.70. The maximum atomic E-state index is 13.0. The van der Waals surface area contributed by atoms with Crippen LogP contribution in [-0.2, 0) is 38.0 Å². The normalized spacial score (nSPS) is 26.2. The van der Waals surface area contributed by atoms with E-state index in [2.05, 4.69) is 37.8 Å². The van der Waals surface area contributed by atoms with Gasteiger partial charge < -0.3 is 64.2 Å². The molecule has 15 nitrogen and oxygen atoms in total. The molecule has 7 N–H and O–H groups in total. The molecule has 4 unspecified atom stereocenters. The van der Waals surface area contributed by atoms with Crippen LogP contribution in [0.3, 0.4) is 0 Å². The molecule has 2 aliphatic heterocycles. The zero-order valence-electron chi connectivity index (χ0n) is 40.3. The minimum atomic E-state index is -1.77. The van der Waals surface area contributed by atoms with Crippen molar-refractivity contribution in [3.8, 4) is 0 Å². The van der Waals surface area contributed by atoms with Gasteiger partial charge in [-0.15, -0.1) is 6.58 Å². The van der Waals surface area contributed by atoms with Crippen LogP contribution in [-0.4, -0.2) is 142 Å². The molecule has 15 heteroatoms.